The van der Waals surface area contributed by atoms with Crippen molar-refractivity contribution in [2.75, 3.05) is 0 Å². The second-order valence-corrected chi connectivity index (χ2v) is 5.21. The molecule has 0 aliphatic carbocycles. The van der Waals surface area contributed by atoms with Crippen molar-refractivity contribution in [1.82, 2.24) is 15.2 Å². The average Bonchev–Trinajstić information content (AvgIpc) is 2.91. The number of rotatable bonds is 6. The van der Waals surface area contributed by atoms with E-state index in [9.17, 15) is 0 Å². The quantitative estimate of drug-likeness (QED) is 0.628. The average molecular weight is 272 g/mol. The smallest absolute Gasteiger partial charge is 0.0725 e. The van der Waals surface area contributed by atoms with E-state index in [0.717, 1.165) is 18.5 Å². The molecule has 0 bridgehead atoms. The first kappa shape index (κ1) is 14.8. The molecule has 0 spiro atoms. The lowest BCUT2D eigenvalue weighted by Gasteiger charge is -2.40. The minimum Gasteiger partial charge on any atom is -0.271 e. The van der Waals surface area contributed by atoms with Gasteiger partial charge in [0.1, 0.15) is 0 Å². The van der Waals surface area contributed by atoms with E-state index >= 15 is 0 Å². The molecule has 20 heavy (non-hydrogen) atoms. The zero-order chi connectivity index (χ0) is 14.6. The van der Waals surface area contributed by atoms with E-state index < -0.39 is 0 Å². The topological polar surface area (TPSA) is 55.9 Å². The monoisotopic (exact) mass is 272 g/mol. The second-order valence-electron chi connectivity index (χ2n) is 5.21. The Morgan fingerprint density at radius 1 is 1.20 bits per heavy atom. The Hall–Kier alpha value is -1.65. The van der Waals surface area contributed by atoms with Crippen LogP contribution in [0, 0.1) is 0 Å². The van der Waals surface area contributed by atoms with Crippen molar-refractivity contribution in [3.05, 3.63) is 53.9 Å². The number of aromatic nitrogens is 2. The maximum atomic E-state index is 5.92. The van der Waals surface area contributed by atoms with Crippen LogP contribution < -0.4 is 11.3 Å². The zero-order valence-electron chi connectivity index (χ0n) is 12.5. The summed E-state index contributed by atoms with van der Waals surface area (Å²) in [4.78, 5) is 0. The summed E-state index contributed by atoms with van der Waals surface area (Å²) in [6.07, 6.45) is 3.84. The Morgan fingerprint density at radius 2 is 1.85 bits per heavy atom. The van der Waals surface area contributed by atoms with E-state index in [2.05, 4.69) is 54.7 Å². The van der Waals surface area contributed by atoms with Gasteiger partial charge in [-0.15, -0.1) is 0 Å². The van der Waals surface area contributed by atoms with Gasteiger partial charge in [0, 0.05) is 18.7 Å². The van der Waals surface area contributed by atoms with Gasteiger partial charge >= 0.3 is 0 Å². The SMILES string of the molecule is CCC(CC)(c1ccccc1)C(NN)c1ccnn1C. The molecule has 4 nitrogen and oxygen atoms in total. The highest BCUT2D eigenvalue weighted by Crippen LogP contribution is 2.42. The Morgan fingerprint density at radius 3 is 2.30 bits per heavy atom. The number of hydrazine groups is 1. The van der Waals surface area contributed by atoms with E-state index in [1.54, 1.807) is 0 Å². The lowest BCUT2D eigenvalue weighted by atomic mass is 9.69. The van der Waals surface area contributed by atoms with Crippen LogP contribution in [0.3, 0.4) is 0 Å². The molecule has 0 aliphatic rings. The van der Waals surface area contributed by atoms with Gasteiger partial charge in [-0.2, -0.15) is 5.10 Å². The minimum absolute atomic E-state index is 0.0346. The van der Waals surface area contributed by atoms with Crippen LogP contribution in [0.15, 0.2) is 42.6 Å². The molecular formula is C16H24N4. The first-order valence-corrected chi connectivity index (χ1v) is 7.19. The standard InChI is InChI=1S/C16H24N4/c1-4-16(5-2,13-9-7-6-8-10-13)15(19-17)14-11-12-18-20(14)3/h6-12,15,19H,4-5,17H2,1-3H3. The fraction of sp³-hybridized carbons (Fsp3) is 0.438. The highest BCUT2D eigenvalue weighted by molar-refractivity contribution is 5.30. The van der Waals surface area contributed by atoms with Gasteiger partial charge in [-0.05, 0) is 24.5 Å². The number of hydrogen-bond donors (Lipinski definition) is 2. The Balaban J connectivity index is 2.54. The predicted molar refractivity (Wildman–Crippen MR) is 82.0 cm³/mol. The van der Waals surface area contributed by atoms with Gasteiger partial charge in [0.15, 0.2) is 0 Å². The van der Waals surface area contributed by atoms with Gasteiger partial charge in [0.25, 0.3) is 0 Å². The molecule has 0 amide bonds. The summed E-state index contributed by atoms with van der Waals surface area (Å²) >= 11 is 0. The van der Waals surface area contributed by atoms with Gasteiger partial charge in [-0.25, -0.2) is 0 Å². The molecule has 1 aromatic carbocycles. The maximum Gasteiger partial charge on any atom is 0.0725 e. The number of nitrogens with one attached hydrogen (secondary N) is 1. The first-order chi connectivity index (χ1) is 9.69. The summed E-state index contributed by atoms with van der Waals surface area (Å²) in [6, 6.07) is 12.7. The van der Waals surface area contributed by atoms with E-state index in [4.69, 9.17) is 5.84 Å². The molecule has 108 valence electrons. The summed E-state index contributed by atoms with van der Waals surface area (Å²) in [6.45, 7) is 4.44. The predicted octanol–water partition coefficient (Wildman–Crippen LogP) is 2.68. The molecule has 1 heterocycles. The molecule has 3 N–H and O–H groups in total. The van der Waals surface area contributed by atoms with Gasteiger partial charge < -0.3 is 0 Å². The second kappa shape index (κ2) is 6.20. The maximum absolute atomic E-state index is 5.92. The Labute approximate surface area is 121 Å². The van der Waals surface area contributed by atoms with E-state index in [1.807, 2.05) is 24.0 Å². The van der Waals surface area contributed by atoms with E-state index in [1.165, 1.54) is 5.56 Å². The molecule has 1 atom stereocenters. The van der Waals surface area contributed by atoms with Crippen LogP contribution in [-0.2, 0) is 12.5 Å². The van der Waals surface area contributed by atoms with Crippen LogP contribution in [0.4, 0.5) is 0 Å². The molecule has 0 fully saturated rings. The molecular weight excluding hydrogens is 248 g/mol. The number of aryl methyl sites for hydroxylation is 1. The summed E-state index contributed by atoms with van der Waals surface area (Å²) in [7, 11) is 1.96. The largest absolute Gasteiger partial charge is 0.271 e. The normalized spacial score (nSPS) is 13.4. The van der Waals surface area contributed by atoms with Crippen molar-refractivity contribution in [2.24, 2.45) is 12.9 Å². The van der Waals surface area contributed by atoms with E-state index in [-0.39, 0.29) is 11.5 Å². The third kappa shape index (κ3) is 2.37. The highest BCUT2D eigenvalue weighted by Gasteiger charge is 2.39. The van der Waals surface area contributed by atoms with Gasteiger partial charge in [-0.3, -0.25) is 16.0 Å². The summed E-state index contributed by atoms with van der Waals surface area (Å²) in [5.74, 6) is 5.92. The summed E-state index contributed by atoms with van der Waals surface area (Å²) < 4.78 is 1.90. The van der Waals surface area contributed by atoms with Crippen molar-refractivity contribution in [3.63, 3.8) is 0 Å². The third-order valence-corrected chi connectivity index (χ3v) is 4.48. The Bertz CT molecular complexity index is 528. The van der Waals surface area contributed by atoms with Crippen molar-refractivity contribution in [3.8, 4) is 0 Å². The molecule has 1 aromatic heterocycles. The fourth-order valence-electron chi connectivity index (χ4n) is 3.20. The molecule has 2 aromatic rings. The van der Waals surface area contributed by atoms with Crippen molar-refractivity contribution in [2.45, 2.75) is 38.1 Å². The molecule has 0 saturated heterocycles. The van der Waals surface area contributed by atoms with Gasteiger partial charge in [-0.1, -0.05) is 44.2 Å². The highest BCUT2D eigenvalue weighted by atomic mass is 15.3. The fourth-order valence-corrected chi connectivity index (χ4v) is 3.20. The molecule has 0 aliphatic heterocycles. The number of benzene rings is 1. The number of hydrogen-bond acceptors (Lipinski definition) is 3. The first-order valence-electron chi connectivity index (χ1n) is 7.19. The van der Waals surface area contributed by atoms with Crippen LogP contribution in [0.25, 0.3) is 0 Å². The molecule has 0 radical (unpaired) electrons. The lowest BCUT2D eigenvalue weighted by molar-refractivity contribution is 0.266. The summed E-state index contributed by atoms with van der Waals surface area (Å²) in [5.41, 5.74) is 5.41. The molecule has 1 unspecified atom stereocenters. The number of nitrogens with zero attached hydrogens (tertiary/aromatic N) is 2. The van der Waals surface area contributed by atoms with Crippen LogP contribution in [0.1, 0.15) is 44.0 Å². The van der Waals surface area contributed by atoms with Crippen molar-refractivity contribution >= 4 is 0 Å². The van der Waals surface area contributed by atoms with Gasteiger partial charge in [0.05, 0.1) is 11.7 Å². The van der Waals surface area contributed by atoms with Crippen LogP contribution >= 0.6 is 0 Å². The van der Waals surface area contributed by atoms with Crippen molar-refractivity contribution < 1.29 is 0 Å². The summed E-state index contributed by atoms with van der Waals surface area (Å²) in [5, 5.41) is 4.28. The van der Waals surface area contributed by atoms with Crippen molar-refractivity contribution in [1.29, 1.82) is 0 Å². The molecule has 0 saturated carbocycles. The Kier molecular flexibility index (Phi) is 4.57. The van der Waals surface area contributed by atoms with Crippen LogP contribution in [0.2, 0.25) is 0 Å². The zero-order valence-corrected chi connectivity index (χ0v) is 12.5. The number of nitrogens with two attached hydrogens (primary N) is 1. The van der Waals surface area contributed by atoms with Gasteiger partial charge in [0.2, 0.25) is 0 Å². The molecule has 4 heteroatoms. The molecule has 2 rings (SSSR count). The lowest BCUT2D eigenvalue weighted by Crippen LogP contribution is -2.45. The third-order valence-electron chi connectivity index (χ3n) is 4.48. The minimum atomic E-state index is -0.0379. The van der Waals surface area contributed by atoms with Crippen LogP contribution in [-0.4, -0.2) is 9.78 Å². The van der Waals surface area contributed by atoms with Crippen LogP contribution in [0.5, 0.6) is 0 Å². The van der Waals surface area contributed by atoms with E-state index in [0.29, 0.717) is 0 Å².